The van der Waals surface area contributed by atoms with Crippen molar-refractivity contribution in [3.05, 3.63) is 40.7 Å². The Morgan fingerprint density at radius 3 is 2.67 bits per heavy atom. The van der Waals surface area contributed by atoms with E-state index in [0.29, 0.717) is 41.8 Å². The van der Waals surface area contributed by atoms with E-state index in [1.165, 1.54) is 12.3 Å². The summed E-state index contributed by atoms with van der Waals surface area (Å²) in [7, 11) is 0. The third kappa shape index (κ3) is 4.78. The Morgan fingerprint density at radius 1 is 1.37 bits per heavy atom. The Balaban J connectivity index is 2.23. The number of halogens is 2. The highest BCUT2D eigenvalue weighted by molar-refractivity contribution is 6.31. The topological polar surface area (TPSA) is 72.4 Å². The van der Waals surface area contributed by atoms with Gasteiger partial charge in [0, 0.05) is 36.5 Å². The Morgan fingerprint density at radius 2 is 2.07 bits per heavy atom. The number of hydrogen-bond donors (Lipinski definition) is 0. The van der Waals surface area contributed by atoms with Gasteiger partial charge in [-0.05, 0) is 36.8 Å². The van der Waals surface area contributed by atoms with E-state index in [1.807, 2.05) is 0 Å². The third-order valence-electron chi connectivity index (χ3n) is 5.43. The van der Waals surface area contributed by atoms with E-state index in [9.17, 15) is 14.0 Å². The van der Waals surface area contributed by atoms with E-state index < -0.39 is 11.9 Å². The lowest BCUT2D eigenvalue weighted by Crippen LogP contribution is -2.38. The van der Waals surface area contributed by atoms with Gasteiger partial charge in [-0.15, -0.1) is 0 Å². The summed E-state index contributed by atoms with van der Waals surface area (Å²) in [4.78, 5) is 34.1. The minimum Gasteiger partial charge on any atom is -0.466 e. The molecule has 6 nitrogen and oxygen atoms in total. The molecular formula is C22H25ClFN3O3. The highest BCUT2D eigenvalue weighted by atomic mass is 35.5. The molecule has 3 heterocycles. The molecule has 160 valence electrons. The van der Waals surface area contributed by atoms with Crippen LogP contribution >= 0.6 is 11.6 Å². The summed E-state index contributed by atoms with van der Waals surface area (Å²) >= 11 is 6.43. The van der Waals surface area contributed by atoms with E-state index in [2.05, 4.69) is 28.7 Å². The number of ether oxygens (including phenoxy) is 1. The van der Waals surface area contributed by atoms with Crippen LogP contribution in [0.1, 0.15) is 49.7 Å². The van der Waals surface area contributed by atoms with Crippen LogP contribution in [0.15, 0.2) is 18.3 Å². The molecule has 0 N–H and O–H groups in total. The number of pyridine rings is 2. The zero-order valence-electron chi connectivity index (χ0n) is 17.4. The molecule has 0 amide bonds. The molecule has 1 fully saturated rings. The molecule has 8 heteroatoms. The third-order valence-corrected chi connectivity index (χ3v) is 5.75. The van der Waals surface area contributed by atoms with Crippen LogP contribution in [-0.2, 0) is 16.0 Å². The first-order valence-electron chi connectivity index (χ1n) is 9.96. The van der Waals surface area contributed by atoms with Crippen LogP contribution in [0.3, 0.4) is 0 Å². The minimum atomic E-state index is -0.669. The molecule has 30 heavy (non-hydrogen) atoms. The molecule has 0 unspecified atom stereocenters. The summed E-state index contributed by atoms with van der Waals surface area (Å²) in [6, 6.07) is 2.87. The number of rotatable bonds is 6. The van der Waals surface area contributed by atoms with E-state index in [0.717, 1.165) is 12.8 Å². The lowest BCUT2D eigenvalue weighted by molar-refractivity contribution is -0.142. The van der Waals surface area contributed by atoms with Crippen LogP contribution in [0, 0.1) is 11.4 Å². The van der Waals surface area contributed by atoms with Gasteiger partial charge in [0.25, 0.3) is 0 Å². The normalized spacial score (nSPS) is 15.7. The van der Waals surface area contributed by atoms with Crippen LogP contribution in [0.2, 0.25) is 5.15 Å². The second-order valence-electron chi connectivity index (χ2n) is 8.11. The summed E-state index contributed by atoms with van der Waals surface area (Å²) in [5.74, 6) is -1.11. The van der Waals surface area contributed by atoms with Gasteiger partial charge in [0.1, 0.15) is 10.8 Å². The van der Waals surface area contributed by atoms with Crippen molar-refractivity contribution in [3.8, 4) is 11.1 Å². The smallest absolute Gasteiger partial charge is 0.310 e. The Kier molecular flexibility index (Phi) is 6.71. The molecule has 2 aromatic heterocycles. The van der Waals surface area contributed by atoms with Gasteiger partial charge in [0.05, 0.1) is 18.7 Å². The maximum absolute atomic E-state index is 13.9. The Hall–Kier alpha value is -2.54. The molecule has 3 rings (SSSR count). The highest BCUT2D eigenvalue weighted by Gasteiger charge is 2.31. The summed E-state index contributed by atoms with van der Waals surface area (Å²) in [6.45, 7) is 7.81. The van der Waals surface area contributed by atoms with Crippen LogP contribution < -0.4 is 4.90 Å². The quantitative estimate of drug-likeness (QED) is 0.380. The zero-order chi connectivity index (χ0) is 21.9. The van der Waals surface area contributed by atoms with Gasteiger partial charge in [0.15, 0.2) is 6.29 Å². The summed E-state index contributed by atoms with van der Waals surface area (Å²) in [5.41, 5.74) is 2.30. The van der Waals surface area contributed by atoms with E-state index in [-0.39, 0.29) is 29.3 Å². The molecule has 1 aliphatic heterocycles. The highest BCUT2D eigenvalue weighted by Crippen LogP contribution is 2.42. The molecule has 0 bridgehead atoms. The van der Waals surface area contributed by atoms with Gasteiger partial charge in [-0.3, -0.25) is 9.59 Å². The number of aldehydes is 1. The number of esters is 1. The zero-order valence-corrected chi connectivity index (χ0v) is 18.1. The molecule has 1 saturated heterocycles. The number of anilines is 1. The van der Waals surface area contributed by atoms with Gasteiger partial charge in [-0.2, -0.15) is 4.39 Å². The predicted octanol–water partition coefficient (Wildman–Crippen LogP) is 4.48. The van der Waals surface area contributed by atoms with Crippen molar-refractivity contribution in [1.29, 1.82) is 0 Å². The largest absolute Gasteiger partial charge is 0.466 e. The molecule has 0 spiro atoms. The predicted molar refractivity (Wildman–Crippen MR) is 113 cm³/mol. The van der Waals surface area contributed by atoms with Gasteiger partial charge in [-0.25, -0.2) is 9.97 Å². The van der Waals surface area contributed by atoms with Crippen LogP contribution in [0.25, 0.3) is 11.1 Å². The molecule has 0 aliphatic carbocycles. The first-order chi connectivity index (χ1) is 14.3. The van der Waals surface area contributed by atoms with Crippen molar-refractivity contribution >= 4 is 29.5 Å². The van der Waals surface area contributed by atoms with Crippen molar-refractivity contribution < 1.29 is 18.7 Å². The molecule has 0 radical (unpaired) electrons. The maximum Gasteiger partial charge on any atom is 0.310 e. The van der Waals surface area contributed by atoms with E-state index in [1.54, 1.807) is 13.0 Å². The minimum absolute atomic E-state index is 0.0725. The van der Waals surface area contributed by atoms with E-state index in [4.69, 9.17) is 16.3 Å². The van der Waals surface area contributed by atoms with Crippen molar-refractivity contribution in [1.82, 2.24) is 9.97 Å². The first kappa shape index (κ1) is 22.2. The lowest BCUT2D eigenvalue weighted by atomic mass is 9.82. The molecule has 0 saturated carbocycles. The molecule has 0 atom stereocenters. The summed E-state index contributed by atoms with van der Waals surface area (Å²) in [5, 5.41) is 0.0725. The van der Waals surface area contributed by atoms with Crippen LogP contribution in [0.4, 0.5) is 10.1 Å². The first-order valence-corrected chi connectivity index (χ1v) is 10.3. The van der Waals surface area contributed by atoms with Crippen LogP contribution in [0.5, 0.6) is 0 Å². The number of carbonyl (C=O) groups is 2. The van der Waals surface area contributed by atoms with Gasteiger partial charge in [0.2, 0.25) is 5.95 Å². The van der Waals surface area contributed by atoms with Gasteiger partial charge >= 0.3 is 5.97 Å². The lowest BCUT2D eigenvalue weighted by Gasteiger charge is -2.40. The number of aromatic nitrogens is 2. The van der Waals surface area contributed by atoms with Gasteiger partial charge < -0.3 is 9.64 Å². The molecule has 2 aromatic rings. The Bertz CT molecular complexity index is 955. The van der Waals surface area contributed by atoms with Crippen molar-refractivity contribution in [3.63, 3.8) is 0 Å². The summed E-state index contributed by atoms with van der Waals surface area (Å²) in [6.07, 6.45) is 3.69. The average Bonchev–Trinajstić information content (AvgIpc) is 2.69. The fraction of sp³-hybridized carbons (Fsp3) is 0.455. The fourth-order valence-corrected chi connectivity index (χ4v) is 3.97. The summed E-state index contributed by atoms with van der Waals surface area (Å²) < 4.78 is 19.0. The fourth-order valence-electron chi connectivity index (χ4n) is 3.72. The van der Waals surface area contributed by atoms with Crippen molar-refractivity contribution in [2.75, 3.05) is 24.6 Å². The second kappa shape index (κ2) is 9.08. The number of carbonyl (C=O) groups excluding carboxylic acids is 2. The molecule has 0 aromatic carbocycles. The van der Waals surface area contributed by atoms with Crippen LogP contribution in [-0.4, -0.2) is 41.9 Å². The number of nitrogens with zero attached hydrogens (tertiary/aromatic N) is 3. The maximum atomic E-state index is 13.9. The number of piperidine rings is 1. The van der Waals surface area contributed by atoms with E-state index >= 15 is 0 Å². The van der Waals surface area contributed by atoms with Crippen molar-refractivity contribution in [2.45, 2.75) is 40.0 Å². The van der Waals surface area contributed by atoms with Crippen molar-refractivity contribution in [2.24, 2.45) is 5.41 Å². The van der Waals surface area contributed by atoms with Gasteiger partial charge in [-0.1, -0.05) is 25.4 Å². The standard InChI is InChI=1S/C22H25ClFN3O3/c1-4-30-18(29)12-15-20(27-9-6-22(2,3)7-10-27)19(16(13-28)26-21(15)23)14-5-8-25-17(24)11-14/h5,8,11,13H,4,6-7,9-10,12H2,1-3H3. The molecule has 1 aliphatic rings. The average molecular weight is 434 g/mol. The number of hydrogen-bond acceptors (Lipinski definition) is 6. The second-order valence-corrected chi connectivity index (χ2v) is 8.47. The monoisotopic (exact) mass is 433 g/mol. The Labute approximate surface area is 180 Å². The molecular weight excluding hydrogens is 409 g/mol. The SMILES string of the molecule is CCOC(=O)Cc1c(Cl)nc(C=O)c(-c2ccnc(F)c2)c1N1CCC(C)(C)CC1.